The molecule has 1 fully saturated rings. The van der Waals surface area contributed by atoms with Crippen molar-refractivity contribution in [2.75, 3.05) is 19.0 Å². The largest absolute Gasteiger partial charge is 0.310 e. The van der Waals surface area contributed by atoms with E-state index in [1.807, 2.05) is 0 Å². The molecule has 6 heteroatoms. The van der Waals surface area contributed by atoms with Gasteiger partial charge >= 0.3 is 0 Å². The molecule has 2 aliphatic heterocycles. The van der Waals surface area contributed by atoms with Crippen molar-refractivity contribution in [3.8, 4) is 0 Å². The summed E-state index contributed by atoms with van der Waals surface area (Å²) in [5, 5.41) is 0.208. The standard InChI is InChI=1S/C34H37N3O2S/c1-20(2)23-19-30(37-28-15-11-9-13-26(28)34(5,6)27-14-10-12-16-29(27)37)24(21(3)4)17-22(23)18-25-31(38)35(7)33(40)36(8)32(25)39/h9-21H,1-8H3. The number of carbonyl (C=O) groups excluding carboxylic acids is 2. The van der Waals surface area contributed by atoms with Crippen LogP contribution in [0.2, 0.25) is 0 Å². The van der Waals surface area contributed by atoms with E-state index in [1.165, 1.54) is 32.3 Å². The number of para-hydroxylation sites is 2. The summed E-state index contributed by atoms with van der Waals surface area (Å²) in [7, 11) is 3.22. The van der Waals surface area contributed by atoms with E-state index in [0.717, 1.165) is 22.4 Å². The van der Waals surface area contributed by atoms with Gasteiger partial charge in [0.05, 0.1) is 11.4 Å². The zero-order valence-electron chi connectivity index (χ0n) is 24.6. The van der Waals surface area contributed by atoms with Gasteiger partial charge in [0.1, 0.15) is 5.57 Å². The first-order valence-corrected chi connectivity index (χ1v) is 14.3. The second-order valence-electron chi connectivity index (χ2n) is 11.9. The molecule has 2 heterocycles. The fraction of sp³-hybridized carbons (Fsp3) is 0.324. The molecule has 0 saturated carbocycles. The number of hydrogen-bond donors (Lipinski definition) is 0. The van der Waals surface area contributed by atoms with Crippen LogP contribution in [0.25, 0.3) is 6.08 Å². The molecule has 0 aromatic heterocycles. The Balaban J connectivity index is 1.78. The number of fused-ring (bicyclic) bond motifs is 2. The number of likely N-dealkylation sites (N-methyl/N-ethyl adjacent to an activating group) is 2. The molecule has 5 rings (SSSR count). The molecular weight excluding hydrogens is 514 g/mol. The number of rotatable bonds is 4. The van der Waals surface area contributed by atoms with Crippen LogP contribution >= 0.6 is 12.2 Å². The van der Waals surface area contributed by atoms with Crippen molar-refractivity contribution in [1.82, 2.24) is 9.80 Å². The highest BCUT2D eigenvalue weighted by Crippen LogP contribution is 2.53. The number of hydrogen-bond acceptors (Lipinski definition) is 4. The highest BCUT2D eigenvalue weighted by Gasteiger charge is 2.38. The van der Waals surface area contributed by atoms with E-state index < -0.39 is 0 Å². The van der Waals surface area contributed by atoms with Gasteiger partial charge in [-0.3, -0.25) is 19.4 Å². The fourth-order valence-electron chi connectivity index (χ4n) is 5.98. The lowest BCUT2D eigenvalue weighted by molar-refractivity contribution is -0.132. The van der Waals surface area contributed by atoms with E-state index in [9.17, 15) is 9.59 Å². The second-order valence-corrected chi connectivity index (χ2v) is 12.3. The van der Waals surface area contributed by atoms with Crippen LogP contribution in [0.4, 0.5) is 17.1 Å². The van der Waals surface area contributed by atoms with E-state index >= 15 is 0 Å². The summed E-state index contributed by atoms with van der Waals surface area (Å²) in [5.74, 6) is -0.402. The second kappa shape index (κ2) is 10.0. The summed E-state index contributed by atoms with van der Waals surface area (Å²) in [4.78, 5) is 31.4. The highest BCUT2D eigenvalue weighted by molar-refractivity contribution is 7.80. The smallest absolute Gasteiger partial charge is 0.265 e. The third-order valence-corrected chi connectivity index (χ3v) is 8.85. The third kappa shape index (κ3) is 4.26. The van der Waals surface area contributed by atoms with Gasteiger partial charge in [0.2, 0.25) is 0 Å². The average Bonchev–Trinajstić information content (AvgIpc) is 2.93. The Hall–Kier alpha value is -3.77. The number of anilines is 3. The Morgan fingerprint density at radius 1 is 0.725 bits per heavy atom. The molecule has 206 valence electrons. The maximum atomic E-state index is 13.2. The van der Waals surface area contributed by atoms with Crippen LogP contribution in [0.15, 0.2) is 66.2 Å². The molecule has 1 saturated heterocycles. The summed E-state index contributed by atoms with van der Waals surface area (Å²) < 4.78 is 0. The summed E-state index contributed by atoms with van der Waals surface area (Å²) >= 11 is 5.29. The SMILES string of the molecule is CC(C)c1cc(N2c3ccccc3C(C)(C)c3ccccc32)c(C(C)C)cc1C=C1C(=O)N(C)C(=S)N(C)C1=O. The molecule has 0 bridgehead atoms. The van der Waals surface area contributed by atoms with Crippen molar-refractivity contribution in [3.63, 3.8) is 0 Å². The molecule has 40 heavy (non-hydrogen) atoms. The van der Waals surface area contributed by atoms with Gasteiger partial charge in [-0.05, 0) is 82.2 Å². The van der Waals surface area contributed by atoms with Crippen LogP contribution in [0.5, 0.6) is 0 Å². The maximum absolute atomic E-state index is 13.2. The first-order valence-electron chi connectivity index (χ1n) is 13.8. The van der Waals surface area contributed by atoms with Gasteiger partial charge in [0.15, 0.2) is 5.11 Å². The minimum atomic E-state index is -0.376. The molecule has 0 unspecified atom stereocenters. The summed E-state index contributed by atoms with van der Waals surface area (Å²) in [5.41, 5.74) is 9.10. The Kier molecular flexibility index (Phi) is 6.95. The zero-order chi connectivity index (χ0) is 29.1. The van der Waals surface area contributed by atoms with Gasteiger partial charge in [-0.2, -0.15) is 0 Å². The molecule has 0 N–H and O–H groups in total. The van der Waals surface area contributed by atoms with Crippen molar-refractivity contribution in [2.24, 2.45) is 0 Å². The van der Waals surface area contributed by atoms with Gasteiger partial charge in [0, 0.05) is 25.2 Å². The predicted octanol–water partition coefficient (Wildman–Crippen LogP) is 7.64. The summed E-state index contributed by atoms with van der Waals surface area (Å²) in [6, 6.07) is 21.7. The van der Waals surface area contributed by atoms with E-state index in [0.29, 0.717) is 0 Å². The summed E-state index contributed by atoms with van der Waals surface area (Å²) in [6.07, 6.45) is 1.76. The van der Waals surface area contributed by atoms with E-state index in [4.69, 9.17) is 12.2 Å². The lowest BCUT2D eigenvalue weighted by atomic mass is 9.73. The van der Waals surface area contributed by atoms with Crippen LogP contribution < -0.4 is 4.90 Å². The zero-order valence-corrected chi connectivity index (χ0v) is 25.4. The molecule has 5 nitrogen and oxygen atoms in total. The number of thiocarbonyl (C=S) groups is 1. The Bertz CT molecular complexity index is 1510. The van der Waals surface area contributed by atoms with Crippen LogP contribution in [0.1, 0.15) is 81.2 Å². The first-order chi connectivity index (χ1) is 18.9. The van der Waals surface area contributed by atoms with Gasteiger partial charge in [-0.1, -0.05) is 77.9 Å². The molecule has 3 aromatic rings. The maximum Gasteiger partial charge on any atom is 0.265 e. The average molecular weight is 552 g/mol. The first kappa shape index (κ1) is 27.8. The topological polar surface area (TPSA) is 43.9 Å². The number of benzene rings is 3. The third-order valence-electron chi connectivity index (χ3n) is 8.30. The Morgan fingerprint density at radius 3 is 1.68 bits per heavy atom. The van der Waals surface area contributed by atoms with Crippen molar-refractivity contribution in [1.29, 1.82) is 0 Å². The minimum absolute atomic E-state index is 0.123. The van der Waals surface area contributed by atoms with E-state index in [2.05, 4.69) is 107 Å². The highest BCUT2D eigenvalue weighted by atomic mass is 32.1. The van der Waals surface area contributed by atoms with Gasteiger partial charge in [-0.15, -0.1) is 0 Å². The molecule has 0 aliphatic carbocycles. The molecular formula is C34H37N3O2S. The van der Waals surface area contributed by atoms with Crippen LogP contribution in [-0.4, -0.2) is 40.8 Å². The van der Waals surface area contributed by atoms with Crippen LogP contribution in [0, 0.1) is 0 Å². The number of carbonyl (C=O) groups is 2. The fourth-order valence-corrected chi connectivity index (χ4v) is 6.14. The number of amides is 2. The van der Waals surface area contributed by atoms with Crippen molar-refractivity contribution in [2.45, 2.75) is 58.8 Å². The van der Waals surface area contributed by atoms with Crippen LogP contribution in [-0.2, 0) is 15.0 Å². The molecule has 0 atom stereocenters. The lowest BCUT2D eigenvalue weighted by Gasteiger charge is -2.43. The van der Waals surface area contributed by atoms with Gasteiger partial charge < -0.3 is 4.90 Å². The van der Waals surface area contributed by atoms with Crippen molar-refractivity contribution in [3.05, 3.63) is 94.1 Å². The molecule has 0 radical (unpaired) electrons. The monoisotopic (exact) mass is 551 g/mol. The molecule has 2 aliphatic rings. The Morgan fingerprint density at radius 2 is 1.20 bits per heavy atom. The molecule has 2 amide bonds. The Labute approximate surface area is 243 Å². The van der Waals surface area contributed by atoms with Crippen molar-refractivity contribution < 1.29 is 9.59 Å². The molecule has 0 spiro atoms. The van der Waals surface area contributed by atoms with Crippen LogP contribution in [0.3, 0.4) is 0 Å². The van der Waals surface area contributed by atoms with Gasteiger partial charge in [0.25, 0.3) is 11.8 Å². The number of nitrogens with zero attached hydrogens (tertiary/aromatic N) is 3. The van der Waals surface area contributed by atoms with E-state index in [1.54, 1.807) is 20.2 Å². The minimum Gasteiger partial charge on any atom is -0.310 e. The van der Waals surface area contributed by atoms with E-state index in [-0.39, 0.29) is 39.8 Å². The van der Waals surface area contributed by atoms with Crippen molar-refractivity contribution >= 4 is 52.3 Å². The predicted molar refractivity (Wildman–Crippen MR) is 168 cm³/mol. The normalized spacial score (nSPS) is 16.6. The molecule has 3 aromatic carbocycles. The lowest BCUT2D eigenvalue weighted by Crippen LogP contribution is -2.52. The quantitative estimate of drug-likeness (QED) is 0.190. The summed E-state index contributed by atoms with van der Waals surface area (Å²) in [6.45, 7) is 13.3. The van der Waals surface area contributed by atoms with Gasteiger partial charge in [-0.25, -0.2) is 0 Å².